The van der Waals surface area contributed by atoms with Gasteiger partial charge >= 0.3 is 0 Å². The molecule has 4 nitrogen and oxygen atoms in total. The molecule has 0 aromatic carbocycles. The van der Waals surface area contributed by atoms with Gasteiger partial charge in [-0.1, -0.05) is 6.07 Å². The van der Waals surface area contributed by atoms with E-state index in [0.717, 1.165) is 29.6 Å². The van der Waals surface area contributed by atoms with Crippen molar-refractivity contribution in [1.29, 1.82) is 0 Å². The highest BCUT2D eigenvalue weighted by Crippen LogP contribution is 2.21. The van der Waals surface area contributed by atoms with E-state index < -0.39 is 0 Å². The maximum atomic E-state index is 5.57. The smallest absolute Gasteiger partial charge is 0.185 e. The number of aromatic nitrogens is 2. The summed E-state index contributed by atoms with van der Waals surface area (Å²) in [4.78, 5) is 11.0. The summed E-state index contributed by atoms with van der Waals surface area (Å²) in [6.07, 6.45) is 1.82. The number of nitrogens with two attached hydrogens (primary N) is 1. The molecule has 0 atom stereocenters. The van der Waals surface area contributed by atoms with Crippen molar-refractivity contribution in [3.63, 3.8) is 0 Å². The van der Waals surface area contributed by atoms with E-state index in [1.807, 2.05) is 29.8 Å². The predicted octanol–water partition coefficient (Wildman–Crippen LogP) is 2.02. The van der Waals surface area contributed by atoms with Crippen LogP contribution in [-0.4, -0.2) is 16.5 Å². The van der Waals surface area contributed by atoms with Crippen LogP contribution in [0.4, 0.5) is 5.13 Å². The molecule has 2 rings (SSSR count). The van der Waals surface area contributed by atoms with Gasteiger partial charge in [0.1, 0.15) is 0 Å². The third kappa shape index (κ3) is 3.01. The van der Waals surface area contributed by atoms with Crippen molar-refractivity contribution >= 4 is 16.5 Å². The zero-order chi connectivity index (χ0) is 12.1. The van der Waals surface area contributed by atoms with Crippen LogP contribution in [-0.2, 0) is 13.1 Å². The SMILES string of the molecule is CCN(Cc1ccccn1)c1nc(CN)cs1. The molecule has 5 heteroatoms. The molecule has 0 amide bonds. The van der Waals surface area contributed by atoms with Gasteiger partial charge in [0.2, 0.25) is 0 Å². The molecule has 2 heterocycles. The van der Waals surface area contributed by atoms with Gasteiger partial charge in [-0.25, -0.2) is 4.98 Å². The van der Waals surface area contributed by atoms with E-state index >= 15 is 0 Å². The number of hydrogen-bond donors (Lipinski definition) is 1. The third-order valence-corrected chi connectivity index (χ3v) is 3.43. The molecule has 0 radical (unpaired) electrons. The molecule has 0 aliphatic carbocycles. The number of pyridine rings is 1. The highest BCUT2D eigenvalue weighted by atomic mass is 32.1. The van der Waals surface area contributed by atoms with Gasteiger partial charge in [-0.05, 0) is 19.1 Å². The molecule has 2 N–H and O–H groups in total. The van der Waals surface area contributed by atoms with Crippen LogP contribution < -0.4 is 10.6 Å². The number of hydrogen-bond acceptors (Lipinski definition) is 5. The average molecular weight is 248 g/mol. The average Bonchev–Trinajstić information content (AvgIpc) is 2.86. The second-order valence-electron chi connectivity index (χ2n) is 3.66. The minimum Gasteiger partial charge on any atom is -0.342 e. The van der Waals surface area contributed by atoms with E-state index in [-0.39, 0.29) is 0 Å². The highest BCUT2D eigenvalue weighted by molar-refractivity contribution is 7.13. The Morgan fingerprint density at radius 1 is 1.35 bits per heavy atom. The fourth-order valence-electron chi connectivity index (χ4n) is 1.54. The molecule has 2 aromatic rings. The van der Waals surface area contributed by atoms with Crippen LogP contribution in [0.1, 0.15) is 18.3 Å². The van der Waals surface area contributed by atoms with Gasteiger partial charge in [0.05, 0.1) is 17.9 Å². The van der Waals surface area contributed by atoms with E-state index in [4.69, 9.17) is 5.73 Å². The number of rotatable bonds is 5. The third-order valence-electron chi connectivity index (χ3n) is 2.48. The van der Waals surface area contributed by atoms with Crippen LogP contribution in [0.5, 0.6) is 0 Å². The molecule has 0 aliphatic heterocycles. The maximum Gasteiger partial charge on any atom is 0.185 e. The molecule has 0 saturated heterocycles. The lowest BCUT2D eigenvalue weighted by Gasteiger charge is -2.19. The van der Waals surface area contributed by atoms with Crippen molar-refractivity contribution in [2.45, 2.75) is 20.0 Å². The first kappa shape index (κ1) is 12.0. The molecule has 0 fully saturated rings. The fourth-order valence-corrected chi connectivity index (χ4v) is 2.44. The first-order chi connectivity index (χ1) is 8.33. The normalized spacial score (nSPS) is 10.5. The topological polar surface area (TPSA) is 55.0 Å². The lowest BCUT2D eigenvalue weighted by atomic mass is 10.3. The monoisotopic (exact) mass is 248 g/mol. The van der Waals surface area contributed by atoms with Crippen LogP contribution in [0, 0.1) is 0 Å². The van der Waals surface area contributed by atoms with E-state index in [2.05, 4.69) is 21.8 Å². The molecule has 90 valence electrons. The highest BCUT2D eigenvalue weighted by Gasteiger charge is 2.09. The second kappa shape index (κ2) is 5.75. The summed E-state index contributed by atoms with van der Waals surface area (Å²) in [7, 11) is 0. The molecule has 0 spiro atoms. The van der Waals surface area contributed by atoms with Gasteiger partial charge in [0.25, 0.3) is 0 Å². The van der Waals surface area contributed by atoms with Gasteiger partial charge in [-0.15, -0.1) is 11.3 Å². The van der Waals surface area contributed by atoms with Gasteiger partial charge in [0.15, 0.2) is 5.13 Å². The fraction of sp³-hybridized carbons (Fsp3) is 0.333. The Bertz CT molecular complexity index is 455. The standard InChI is InChI=1S/C12H16N4S/c1-2-16(8-10-5-3-4-6-14-10)12-15-11(7-13)9-17-12/h3-6,9H,2,7-8,13H2,1H3. The summed E-state index contributed by atoms with van der Waals surface area (Å²) in [6, 6.07) is 5.96. The van der Waals surface area contributed by atoms with Crippen molar-refractivity contribution in [3.8, 4) is 0 Å². The molecule has 2 aromatic heterocycles. The summed E-state index contributed by atoms with van der Waals surface area (Å²) < 4.78 is 0. The van der Waals surface area contributed by atoms with Crippen LogP contribution >= 0.6 is 11.3 Å². The number of anilines is 1. The van der Waals surface area contributed by atoms with Crippen molar-refractivity contribution in [2.75, 3.05) is 11.4 Å². The zero-order valence-electron chi connectivity index (χ0n) is 9.84. The molecular formula is C12H16N4S. The van der Waals surface area contributed by atoms with E-state index in [1.54, 1.807) is 11.3 Å². The van der Waals surface area contributed by atoms with Crippen molar-refractivity contribution in [3.05, 3.63) is 41.2 Å². The number of nitrogens with zero attached hydrogens (tertiary/aromatic N) is 3. The summed E-state index contributed by atoms with van der Waals surface area (Å²) >= 11 is 1.63. The summed E-state index contributed by atoms with van der Waals surface area (Å²) in [5, 5.41) is 3.02. The Morgan fingerprint density at radius 2 is 2.24 bits per heavy atom. The molecular weight excluding hydrogens is 232 g/mol. The number of thiazole rings is 1. The largest absolute Gasteiger partial charge is 0.342 e. The van der Waals surface area contributed by atoms with Crippen molar-refractivity contribution in [2.24, 2.45) is 5.73 Å². The Hall–Kier alpha value is -1.46. The van der Waals surface area contributed by atoms with Crippen molar-refractivity contribution < 1.29 is 0 Å². The van der Waals surface area contributed by atoms with Gasteiger partial charge in [-0.2, -0.15) is 0 Å². The van der Waals surface area contributed by atoms with E-state index in [9.17, 15) is 0 Å². The van der Waals surface area contributed by atoms with E-state index in [1.165, 1.54) is 0 Å². The molecule has 0 saturated carbocycles. The van der Waals surface area contributed by atoms with Crippen molar-refractivity contribution in [1.82, 2.24) is 9.97 Å². The predicted molar refractivity (Wildman–Crippen MR) is 71.0 cm³/mol. The van der Waals surface area contributed by atoms with Gasteiger partial charge in [0, 0.05) is 24.7 Å². The lowest BCUT2D eigenvalue weighted by molar-refractivity contribution is 0.800. The lowest BCUT2D eigenvalue weighted by Crippen LogP contribution is -2.22. The maximum absolute atomic E-state index is 5.57. The Morgan fingerprint density at radius 3 is 2.82 bits per heavy atom. The Kier molecular flexibility index (Phi) is 4.06. The summed E-state index contributed by atoms with van der Waals surface area (Å²) in [6.45, 7) is 4.31. The Labute approximate surface area is 105 Å². The molecule has 0 unspecified atom stereocenters. The van der Waals surface area contributed by atoms with Crippen LogP contribution in [0.25, 0.3) is 0 Å². The quantitative estimate of drug-likeness (QED) is 0.879. The van der Waals surface area contributed by atoms with Gasteiger partial charge in [-0.3, -0.25) is 4.98 Å². The van der Waals surface area contributed by atoms with Crippen LogP contribution in [0.15, 0.2) is 29.8 Å². The zero-order valence-corrected chi connectivity index (χ0v) is 10.7. The first-order valence-corrected chi connectivity index (χ1v) is 6.50. The van der Waals surface area contributed by atoms with Gasteiger partial charge < -0.3 is 10.6 Å². The minimum absolute atomic E-state index is 0.498. The summed E-state index contributed by atoms with van der Waals surface area (Å²) in [5.74, 6) is 0. The second-order valence-corrected chi connectivity index (χ2v) is 4.50. The molecule has 0 bridgehead atoms. The van der Waals surface area contributed by atoms with Crippen LogP contribution in [0.3, 0.4) is 0 Å². The van der Waals surface area contributed by atoms with E-state index in [0.29, 0.717) is 6.54 Å². The Balaban J connectivity index is 2.11. The van der Waals surface area contributed by atoms with Crippen LogP contribution in [0.2, 0.25) is 0 Å². The minimum atomic E-state index is 0.498. The summed E-state index contributed by atoms with van der Waals surface area (Å²) in [5.41, 5.74) is 7.57. The molecule has 0 aliphatic rings. The molecule has 17 heavy (non-hydrogen) atoms. The first-order valence-electron chi connectivity index (χ1n) is 5.62.